The number of nitrogens with zero attached hydrogens (tertiary/aromatic N) is 1. The maximum atomic E-state index is 13.8. The predicted octanol–water partition coefficient (Wildman–Crippen LogP) is 1.82. The zero-order chi connectivity index (χ0) is 19.4. The van der Waals surface area contributed by atoms with E-state index in [1.165, 1.54) is 30.2 Å². The highest BCUT2D eigenvalue weighted by Gasteiger charge is 2.35. The molecule has 1 amide bonds. The van der Waals surface area contributed by atoms with Gasteiger partial charge in [0, 0.05) is 12.6 Å². The fourth-order valence-corrected chi connectivity index (χ4v) is 3.37. The summed E-state index contributed by atoms with van der Waals surface area (Å²) in [5.74, 6) is -1.18. The molecule has 1 saturated carbocycles. The van der Waals surface area contributed by atoms with Crippen LogP contribution >= 0.6 is 0 Å². The summed E-state index contributed by atoms with van der Waals surface area (Å²) in [7, 11) is 1.23. The Hall–Kier alpha value is -2.61. The molecule has 0 saturated heterocycles. The molecule has 3 rings (SSSR count). The van der Waals surface area contributed by atoms with Gasteiger partial charge >= 0.3 is 5.97 Å². The quantitative estimate of drug-likeness (QED) is 0.704. The minimum atomic E-state index is -0.652. The third-order valence-corrected chi connectivity index (χ3v) is 4.75. The number of aliphatic hydroxyl groups excluding tert-OH is 1. The number of esters is 1. The van der Waals surface area contributed by atoms with E-state index in [0.29, 0.717) is 5.75 Å². The van der Waals surface area contributed by atoms with Crippen molar-refractivity contribution in [2.45, 2.75) is 31.8 Å². The maximum absolute atomic E-state index is 13.8. The van der Waals surface area contributed by atoms with Crippen LogP contribution in [0.4, 0.5) is 10.1 Å². The number of anilines is 1. The van der Waals surface area contributed by atoms with Crippen LogP contribution in [0.1, 0.15) is 25.7 Å². The molecule has 0 bridgehead atoms. The molecule has 0 unspecified atom stereocenters. The number of carbonyl (C=O) groups excluding carboxylic acids is 2. The number of aliphatic hydroxyl groups is 1. The number of benzene rings is 1. The van der Waals surface area contributed by atoms with Gasteiger partial charge in [-0.3, -0.25) is 4.79 Å². The normalized spacial score (nSPS) is 17.6. The fourth-order valence-electron chi connectivity index (χ4n) is 3.37. The molecule has 1 aromatic rings. The van der Waals surface area contributed by atoms with Crippen LogP contribution in [-0.2, 0) is 14.3 Å². The summed E-state index contributed by atoms with van der Waals surface area (Å²) in [5.41, 5.74) is 0.418. The number of nitrogens with one attached hydrogen (secondary N) is 1. The molecule has 1 heterocycles. The van der Waals surface area contributed by atoms with Crippen molar-refractivity contribution in [3.8, 4) is 5.75 Å². The van der Waals surface area contributed by atoms with Crippen molar-refractivity contribution < 1.29 is 28.6 Å². The lowest BCUT2D eigenvalue weighted by Gasteiger charge is -2.19. The van der Waals surface area contributed by atoms with E-state index in [9.17, 15) is 14.0 Å². The molecule has 1 fully saturated rings. The Morgan fingerprint density at radius 2 is 2.11 bits per heavy atom. The van der Waals surface area contributed by atoms with Crippen LogP contribution in [-0.4, -0.2) is 54.8 Å². The van der Waals surface area contributed by atoms with Crippen LogP contribution in [0.5, 0.6) is 5.75 Å². The van der Waals surface area contributed by atoms with Gasteiger partial charge in [0.15, 0.2) is 0 Å². The highest BCUT2D eigenvalue weighted by Crippen LogP contribution is 2.33. The molecule has 7 nitrogen and oxygen atoms in total. The third kappa shape index (κ3) is 4.21. The second kappa shape index (κ2) is 8.39. The number of β-amino-alcohol motifs (C(OH)–C–C–N with tert-alkyl or cyclic N) is 1. The number of hydrogen-bond acceptors (Lipinski definition) is 6. The smallest absolute Gasteiger partial charge is 0.337 e. The zero-order valence-corrected chi connectivity index (χ0v) is 15.2. The van der Waals surface area contributed by atoms with Gasteiger partial charge in [0.1, 0.15) is 17.3 Å². The van der Waals surface area contributed by atoms with Gasteiger partial charge in [-0.25, -0.2) is 9.18 Å². The number of rotatable bonds is 7. The molecule has 0 radical (unpaired) electrons. The lowest BCUT2D eigenvalue weighted by Crippen LogP contribution is -2.31. The number of amides is 1. The Kier molecular flexibility index (Phi) is 5.95. The zero-order valence-electron chi connectivity index (χ0n) is 15.2. The molecule has 1 aromatic carbocycles. The Morgan fingerprint density at radius 1 is 1.37 bits per heavy atom. The maximum Gasteiger partial charge on any atom is 0.337 e. The first-order valence-electron chi connectivity index (χ1n) is 8.98. The van der Waals surface area contributed by atoms with Gasteiger partial charge in [0.05, 0.1) is 37.6 Å². The van der Waals surface area contributed by atoms with E-state index in [2.05, 4.69) is 5.32 Å². The Bertz CT molecular complexity index is 758. The second-order valence-corrected chi connectivity index (χ2v) is 6.59. The standard InChI is InChI=1S/C19H23FN2O5/c1-26-19(25)14-11-22(8-9-23)18(24)17(14)21-15-10-12(20)6-7-16(15)27-13-4-2-3-5-13/h6-7,10,13,21,23H,2-5,8-9,11H2,1H3. The van der Waals surface area contributed by atoms with Crippen LogP contribution in [0.15, 0.2) is 29.5 Å². The summed E-state index contributed by atoms with van der Waals surface area (Å²) in [5, 5.41) is 12.0. The monoisotopic (exact) mass is 378 g/mol. The number of carbonyl (C=O) groups is 2. The van der Waals surface area contributed by atoms with Gasteiger partial charge in [0.25, 0.3) is 5.91 Å². The molecule has 0 atom stereocenters. The molecule has 1 aliphatic carbocycles. The van der Waals surface area contributed by atoms with E-state index in [4.69, 9.17) is 14.6 Å². The van der Waals surface area contributed by atoms with Crippen molar-refractivity contribution in [1.82, 2.24) is 4.90 Å². The Morgan fingerprint density at radius 3 is 2.78 bits per heavy atom. The van der Waals surface area contributed by atoms with Gasteiger partial charge < -0.3 is 24.8 Å². The molecule has 0 aromatic heterocycles. The summed E-state index contributed by atoms with van der Waals surface area (Å²) in [6.45, 7) is -0.134. The summed E-state index contributed by atoms with van der Waals surface area (Å²) in [4.78, 5) is 26.0. The molecule has 146 valence electrons. The molecule has 27 heavy (non-hydrogen) atoms. The fraction of sp³-hybridized carbons (Fsp3) is 0.474. The van der Waals surface area contributed by atoms with E-state index in [0.717, 1.165) is 25.7 Å². The van der Waals surface area contributed by atoms with Crippen LogP contribution in [0.3, 0.4) is 0 Å². The summed E-state index contributed by atoms with van der Waals surface area (Å²) in [6.07, 6.45) is 4.07. The highest BCUT2D eigenvalue weighted by molar-refractivity contribution is 6.08. The summed E-state index contributed by atoms with van der Waals surface area (Å²) in [6, 6.07) is 4.03. The first kappa shape index (κ1) is 19.2. The van der Waals surface area contributed by atoms with Crippen LogP contribution in [0.25, 0.3) is 0 Å². The van der Waals surface area contributed by atoms with Crippen LogP contribution in [0, 0.1) is 5.82 Å². The predicted molar refractivity (Wildman–Crippen MR) is 95.6 cm³/mol. The van der Waals surface area contributed by atoms with Gasteiger partial charge in [-0.2, -0.15) is 0 Å². The van der Waals surface area contributed by atoms with Gasteiger partial charge in [-0.05, 0) is 37.8 Å². The molecular formula is C19H23FN2O5. The SMILES string of the molecule is COC(=O)C1=C(Nc2cc(F)ccc2OC2CCCC2)C(=O)N(CCO)C1. The van der Waals surface area contributed by atoms with Crippen molar-refractivity contribution in [1.29, 1.82) is 0 Å². The largest absolute Gasteiger partial charge is 0.488 e. The van der Waals surface area contributed by atoms with E-state index >= 15 is 0 Å². The summed E-state index contributed by atoms with van der Waals surface area (Å²) >= 11 is 0. The average Bonchev–Trinajstić information content (AvgIpc) is 3.27. The molecule has 0 spiro atoms. The third-order valence-electron chi connectivity index (χ3n) is 4.75. The topological polar surface area (TPSA) is 88.1 Å². The first-order chi connectivity index (χ1) is 13.0. The minimum absolute atomic E-state index is 0.0113. The van der Waals surface area contributed by atoms with Gasteiger partial charge in [-0.1, -0.05) is 0 Å². The number of ether oxygens (including phenoxy) is 2. The molecule has 8 heteroatoms. The molecule has 2 aliphatic rings. The first-order valence-corrected chi connectivity index (χ1v) is 8.98. The minimum Gasteiger partial charge on any atom is -0.488 e. The van der Waals surface area contributed by atoms with Crippen molar-refractivity contribution in [3.63, 3.8) is 0 Å². The lowest BCUT2D eigenvalue weighted by atomic mass is 10.2. The number of hydrogen-bond donors (Lipinski definition) is 2. The summed E-state index contributed by atoms with van der Waals surface area (Å²) < 4.78 is 24.5. The van der Waals surface area contributed by atoms with Crippen molar-refractivity contribution in [2.75, 3.05) is 32.1 Å². The van der Waals surface area contributed by atoms with Crippen molar-refractivity contribution in [2.24, 2.45) is 0 Å². The number of methoxy groups -OCH3 is 1. The lowest BCUT2D eigenvalue weighted by molar-refractivity contribution is -0.136. The molecular weight excluding hydrogens is 355 g/mol. The van der Waals surface area contributed by atoms with Gasteiger partial charge in [0.2, 0.25) is 0 Å². The van der Waals surface area contributed by atoms with E-state index in [1.54, 1.807) is 0 Å². The number of halogens is 1. The molecule has 2 N–H and O–H groups in total. The second-order valence-electron chi connectivity index (χ2n) is 6.59. The Labute approximate surface area is 156 Å². The van der Waals surface area contributed by atoms with E-state index in [-0.39, 0.29) is 42.8 Å². The molecule has 1 aliphatic heterocycles. The van der Waals surface area contributed by atoms with Crippen LogP contribution < -0.4 is 10.1 Å². The van der Waals surface area contributed by atoms with Crippen molar-refractivity contribution in [3.05, 3.63) is 35.3 Å². The van der Waals surface area contributed by atoms with Crippen molar-refractivity contribution >= 4 is 17.6 Å². The highest BCUT2D eigenvalue weighted by atomic mass is 19.1. The van der Waals surface area contributed by atoms with Gasteiger partial charge in [-0.15, -0.1) is 0 Å². The average molecular weight is 378 g/mol. The van der Waals surface area contributed by atoms with Crippen LogP contribution in [0.2, 0.25) is 0 Å². The van der Waals surface area contributed by atoms with E-state index < -0.39 is 17.7 Å². The van der Waals surface area contributed by atoms with E-state index in [1.807, 2.05) is 0 Å². The Balaban J connectivity index is 1.90.